The van der Waals surface area contributed by atoms with E-state index in [0.717, 1.165) is 48.7 Å². The third-order valence-corrected chi connectivity index (χ3v) is 5.50. The van der Waals surface area contributed by atoms with E-state index in [1.54, 1.807) is 6.20 Å². The molecule has 1 N–H and O–H groups in total. The number of hydrogen-bond donors (Lipinski definition) is 1. The van der Waals surface area contributed by atoms with Crippen LogP contribution in [0.2, 0.25) is 5.02 Å². The lowest BCUT2D eigenvalue weighted by Gasteiger charge is -2.26. The van der Waals surface area contributed by atoms with E-state index in [9.17, 15) is 4.79 Å². The number of anilines is 1. The van der Waals surface area contributed by atoms with Crippen LogP contribution >= 0.6 is 11.6 Å². The van der Waals surface area contributed by atoms with Crippen LogP contribution in [0.15, 0.2) is 60.8 Å². The number of carbonyl (C=O) groups excluding carboxylic acids is 1. The summed E-state index contributed by atoms with van der Waals surface area (Å²) in [7, 11) is 0. The van der Waals surface area contributed by atoms with E-state index in [-0.39, 0.29) is 12.0 Å². The average Bonchev–Trinajstić information content (AvgIpc) is 2.76. The molecular formula is C23H22ClN3O. The Bertz CT molecular complexity index is 961. The summed E-state index contributed by atoms with van der Waals surface area (Å²) in [5.41, 5.74) is 3.92. The highest BCUT2D eigenvalue weighted by atomic mass is 35.5. The molecule has 1 heterocycles. The molecule has 2 atom stereocenters. The van der Waals surface area contributed by atoms with Crippen molar-refractivity contribution in [1.29, 1.82) is 0 Å². The summed E-state index contributed by atoms with van der Waals surface area (Å²) >= 11 is 6.42. The van der Waals surface area contributed by atoms with E-state index >= 15 is 0 Å². The Morgan fingerprint density at radius 3 is 2.61 bits per heavy atom. The van der Waals surface area contributed by atoms with E-state index in [1.165, 1.54) is 0 Å². The van der Waals surface area contributed by atoms with Crippen molar-refractivity contribution in [2.75, 3.05) is 5.32 Å². The number of aromatic nitrogens is 2. The number of nitrogens with one attached hydrogen (secondary N) is 1. The summed E-state index contributed by atoms with van der Waals surface area (Å²) in [5.74, 6) is 0.682. The van der Waals surface area contributed by atoms with Crippen LogP contribution in [-0.4, -0.2) is 22.3 Å². The molecule has 4 rings (SSSR count). The molecule has 0 spiro atoms. The third kappa shape index (κ3) is 4.23. The molecule has 2 aromatic carbocycles. The summed E-state index contributed by atoms with van der Waals surface area (Å²) in [6.45, 7) is 0. The summed E-state index contributed by atoms with van der Waals surface area (Å²) in [6.07, 6.45) is 6.57. The minimum atomic E-state index is 0.126. The second-order valence-corrected chi connectivity index (χ2v) is 7.65. The molecule has 1 aromatic heterocycles. The highest BCUT2D eigenvalue weighted by Crippen LogP contribution is 2.31. The van der Waals surface area contributed by atoms with Crippen molar-refractivity contribution in [1.82, 2.24) is 9.97 Å². The molecule has 4 nitrogen and oxygen atoms in total. The first-order valence-electron chi connectivity index (χ1n) is 9.63. The topological polar surface area (TPSA) is 54.9 Å². The summed E-state index contributed by atoms with van der Waals surface area (Å²) < 4.78 is 0. The first-order valence-corrected chi connectivity index (χ1v) is 10.0. The molecule has 142 valence electrons. The van der Waals surface area contributed by atoms with E-state index in [4.69, 9.17) is 11.6 Å². The zero-order chi connectivity index (χ0) is 19.3. The number of nitrogens with zero attached hydrogens (tertiary/aromatic N) is 2. The Morgan fingerprint density at radius 2 is 1.79 bits per heavy atom. The van der Waals surface area contributed by atoms with Gasteiger partial charge in [-0.05, 0) is 36.5 Å². The lowest BCUT2D eigenvalue weighted by molar-refractivity contribution is -0.111. The minimum Gasteiger partial charge on any atom is -0.351 e. The second-order valence-electron chi connectivity index (χ2n) is 7.24. The normalized spacial score (nSPS) is 19.2. The lowest BCUT2D eigenvalue weighted by atomic mass is 9.87. The molecule has 0 radical (unpaired) electrons. The van der Waals surface area contributed by atoms with Gasteiger partial charge in [-0.25, -0.2) is 9.97 Å². The number of benzene rings is 2. The van der Waals surface area contributed by atoms with E-state index in [1.807, 2.05) is 30.3 Å². The molecule has 0 bridgehead atoms. The molecule has 0 saturated heterocycles. The smallest absolute Gasteiger partial charge is 0.223 e. The van der Waals surface area contributed by atoms with Crippen LogP contribution in [0, 0.1) is 5.92 Å². The first-order chi connectivity index (χ1) is 13.7. The number of aldehydes is 1. The van der Waals surface area contributed by atoms with Gasteiger partial charge in [0.15, 0.2) is 0 Å². The van der Waals surface area contributed by atoms with Gasteiger partial charge in [0.2, 0.25) is 5.95 Å². The number of rotatable bonds is 5. The van der Waals surface area contributed by atoms with Crippen molar-refractivity contribution < 1.29 is 4.79 Å². The highest BCUT2D eigenvalue weighted by Gasteiger charge is 2.22. The zero-order valence-corrected chi connectivity index (χ0v) is 16.3. The van der Waals surface area contributed by atoms with Gasteiger partial charge in [-0.3, -0.25) is 0 Å². The molecule has 28 heavy (non-hydrogen) atoms. The van der Waals surface area contributed by atoms with Crippen molar-refractivity contribution >= 4 is 23.8 Å². The molecule has 1 fully saturated rings. The van der Waals surface area contributed by atoms with Crippen molar-refractivity contribution in [3.8, 4) is 22.4 Å². The van der Waals surface area contributed by atoms with Crippen molar-refractivity contribution in [3.63, 3.8) is 0 Å². The molecule has 0 amide bonds. The predicted molar refractivity (Wildman–Crippen MR) is 113 cm³/mol. The van der Waals surface area contributed by atoms with Crippen molar-refractivity contribution in [3.05, 3.63) is 65.8 Å². The van der Waals surface area contributed by atoms with Gasteiger partial charge in [-0.15, -0.1) is 0 Å². The van der Waals surface area contributed by atoms with Gasteiger partial charge in [0.05, 0.1) is 16.9 Å². The number of halogens is 1. The van der Waals surface area contributed by atoms with Crippen LogP contribution in [0.5, 0.6) is 0 Å². The molecular weight excluding hydrogens is 370 g/mol. The van der Waals surface area contributed by atoms with Gasteiger partial charge >= 0.3 is 0 Å². The summed E-state index contributed by atoms with van der Waals surface area (Å²) in [5, 5.41) is 3.91. The maximum atomic E-state index is 11.1. The fourth-order valence-corrected chi connectivity index (χ4v) is 3.98. The Kier molecular flexibility index (Phi) is 5.68. The van der Waals surface area contributed by atoms with Gasteiger partial charge in [0.25, 0.3) is 0 Å². The van der Waals surface area contributed by atoms with Gasteiger partial charge in [0, 0.05) is 17.5 Å². The zero-order valence-electron chi connectivity index (χ0n) is 15.5. The fraction of sp³-hybridized carbons (Fsp3) is 0.261. The van der Waals surface area contributed by atoms with Crippen LogP contribution in [0.1, 0.15) is 25.7 Å². The fourth-order valence-electron chi connectivity index (χ4n) is 3.78. The van der Waals surface area contributed by atoms with Crippen LogP contribution in [0.25, 0.3) is 22.4 Å². The van der Waals surface area contributed by atoms with Gasteiger partial charge in [-0.2, -0.15) is 0 Å². The Hall–Kier alpha value is -2.72. The number of hydrogen-bond acceptors (Lipinski definition) is 4. The molecule has 2 unspecified atom stereocenters. The van der Waals surface area contributed by atoms with Gasteiger partial charge in [-0.1, -0.05) is 66.6 Å². The number of carbonyl (C=O) groups is 1. The standard InChI is InChI=1S/C23H22ClN3O/c24-21-14-25-23(26-20-11-4-6-16(12-20)15-28)27-22(21)19-10-5-9-18(13-19)17-7-2-1-3-8-17/h1-3,5,7-10,13-16,20H,4,6,11-12H2,(H,25,26,27). The van der Waals surface area contributed by atoms with Crippen LogP contribution in [-0.2, 0) is 4.79 Å². The molecule has 5 heteroatoms. The van der Waals surface area contributed by atoms with Crippen LogP contribution in [0.4, 0.5) is 5.95 Å². The Labute approximate surface area is 170 Å². The van der Waals surface area contributed by atoms with E-state index in [0.29, 0.717) is 16.7 Å². The monoisotopic (exact) mass is 391 g/mol. The predicted octanol–water partition coefficient (Wildman–Crippen LogP) is 5.63. The maximum Gasteiger partial charge on any atom is 0.223 e. The lowest BCUT2D eigenvalue weighted by Crippen LogP contribution is -2.28. The Morgan fingerprint density at radius 1 is 1.00 bits per heavy atom. The highest BCUT2D eigenvalue weighted by molar-refractivity contribution is 6.32. The molecule has 1 saturated carbocycles. The molecule has 1 aliphatic rings. The van der Waals surface area contributed by atoms with Gasteiger partial charge in [0.1, 0.15) is 6.29 Å². The SMILES string of the molecule is O=CC1CCCC(Nc2ncc(Cl)c(-c3cccc(-c4ccccc4)c3)n2)C1. The Balaban J connectivity index is 1.60. The molecule has 3 aromatic rings. The van der Waals surface area contributed by atoms with E-state index < -0.39 is 0 Å². The van der Waals surface area contributed by atoms with Crippen LogP contribution < -0.4 is 5.32 Å². The quantitative estimate of drug-likeness (QED) is 0.572. The van der Waals surface area contributed by atoms with E-state index in [2.05, 4.69) is 39.6 Å². The molecule has 1 aliphatic carbocycles. The third-order valence-electron chi connectivity index (χ3n) is 5.23. The van der Waals surface area contributed by atoms with Crippen LogP contribution in [0.3, 0.4) is 0 Å². The summed E-state index contributed by atoms with van der Waals surface area (Å²) in [6, 6.07) is 18.6. The minimum absolute atomic E-state index is 0.126. The largest absolute Gasteiger partial charge is 0.351 e. The summed E-state index contributed by atoms with van der Waals surface area (Å²) in [4.78, 5) is 20.1. The average molecular weight is 392 g/mol. The second kappa shape index (κ2) is 8.53. The van der Waals surface area contributed by atoms with Gasteiger partial charge < -0.3 is 10.1 Å². The first kappa shape index (κ1) is 18.6. The van der Waals surface area contributed by atoms with Crippen molar-refractivity contribution in [2.45, 2.75) is 31.7 Å². The molecule has 0 aliphatic heterocycles. The van der Waals surface area contributed by atoms with Crippen molar-refractivity contribution in [2.24, 2.45) is 5.92 Å². The maximum absolute atomic E-state index is 11.1.